The van der Waals surface area contributed by atoms with Gasteiger partial charge in [-0.2, -0.15) is 0 Å². The number of carbonyl (C=O) groups excluding carboxylic acids is 1. The van der Waals surface area contributed by atoms with Crippen molar-refractivity contribution in [2.75, 3.05) is 18.0 Å². The number of benzene rings is 1. The van der Waals surface area contributed by atoms with Gasteiger partial charge in [0.25, 0.3) is 0 Å². The van der Waals surface area contributed by atoms with E-state index in [1.165, 1.54) is 0 Å². The molecular weight excluding hydrogens is 356 g/mol. The number of hydrogen-bond donors (Lipinski definition) is 1. The fourth-order valence-electron chi connectivity index (χ4n) is 3.38. The zero-order chi connectivity index (χ0) is 18.5. The minimum Gasteiger partial charge on any atom is -0.354 e. The molecule has 1 N–H and O–H groups in total. The summed E-state index contributed by atoms with van der Waals surface area (Å²) in [4.78, 5) is 15.9. The van der Waals surface area contributed by atoms with Gasteiger partial charge < -0.3 is 10.2 Å². The SMILES string of the molecule is O=C(NCc1ccccc1)C1CCCN(c2ccc(-c3cccs3)nn2)C1. The molecule has 1 aromatic carbocycles. The molecule has 1 fully saturated rings. The van der Waals surface area contributed by atoms with Crippen molar-refractivity contribution >= 4 is 23.1 Å². The molecule has 1 saturated heterocycles. The highest BCUT2D eigenvalue weighted by Crippen LogP contribution is 2.25. The average Bonchev–Trinajstić information content (AvgIpc) is 3.28. The highest BCUT2D eigenvalue weighted by atomic mass is 32.1. The molecule has 4 rings (SSSR count). The number of nitrogens with one attached hydrogen (secondary N) is 1. The highest BCUT2D eigenvalue weighted by molar-refractivity contribution is 7.13. The first kappa shape index (κ1) is 17.7. The van der Waals surface area contributed by atoms with Crippen molar-refractivity contribution in [2.45, 2.75) is 19.4 Å². The highest BCUT2D eigenvalue weighted by Gasteiger charge is 2.26. The number of amides is 1. The maximum atomic E-state index is 12.6. The minimum absolute atomic E-state index is 0.0127. The Hall–Kier alpha value is -2.73. The molecule has 6 heteroatoms. The van der Waals surface area contributed by atoms with E-state index in [1.54, 1.807) is 11.3 Å². The van der Waals surface area contributed by atoms with Gasteiger partial charge in [0.15, 0.2) is 5.82 Å². The van der Waals surface area contributed by atoms with Crippen LogP contribution in [0.1, 0.15) is 18.4 Å². The first-order valence-corrected chi connectivity index (χ1v) is 10.1. The van der Waals surface area contributed by atoms with E-state index in [2.05, 4.69) is 20.4 Å². The second-order valence-corrected chi connectivity index (χ2v) is 7.69. The average molecular weight is 379 g/mol. The molecule has 0 aliphatic carbocycles. The third-order valence-electron chi connectivity index (χ3n) is 4.85. The van der Waals surface area contributed by atoms with Gasteiger partial charge in [0, 0.05) is 19.6 Å². The molecule has 1 amide bonds. The summed E-state index contributed by atoms with van der Waals surface area (Å²) in [5.74, 6) is 0.948. The van der Waals surface area contributed by atoms with E-state index in [0.29, 0.717) is 13.1 Å². The number of carbonyl (C=O) groups is 1. The molecule has 0 radical (unpaired) electrons. The van der Waals surface area contributed by atoms with Crippen LogP contribution in [0.5, 0.6) is 0 Å². The summed E-state index contributed by atoms with van der Waals surface area (Å²) in [6.07, 6.45) is 1.90. The molecule has 27 heavy (non-hydrogen) atoms. The van der Waals surface area contributed by atoms with E-state index in [-0.39, 0.29) is 11.8 Å². The predicted molar refractivity (Wildman–Crippen MR) is 109 cm³/mol. The zero-order valence-corrected chi connectivity index (χ0v) is 15.9. The molecule has 0 saturated carbocycles. The maximum absolute atomic E-state index is 12.6. The van der Waals surface area contributed by atoms with E-state index >= 15 is 0 Å². The zero-order valence-electron chi connectivity index (χ0n) is 15.0. The monoisotopic (exact) mass is 378 g/mol. The Bertz CT molecular complexity index is 865. The van der Waals surface area contributed by atoms with E-state index in [0.717, 1.165) is 41.3 Å². The van der Waals surface area contributed by atoms with Gasteiger partial charge in [0.1, 0.15) is 5.69 Å². The minimum atomic E-state index is -0.0127. The van der Waals surface area contributed by atoms with Crippen molar-refractivity contribution in [2.24, 2.45) is 5.92 Å². The largest absolute Gasteiger partial charge is 0.354 e. The molecule has 3 aromatic rings. The molecule has 3 heterocycles. The molecular formula is C21H22N4OS. The van der Waals surface area contributed by atoms with E-state index in [4.69, 9.17) is 0 Å². The molecule has 0 bridgehead atoms. The van der Waals surface area contributed by atoms with Crippen LogP contribution in [0.15, 0.2) is 60.0 Å². The number of anilines is 1. The van der Waals surface area contributed by atoms with Gasteiger partial charge >= 0.3 is 0 Å². The lowest BCUT2D eigenvalue weighted by Crippen LogP contribution is -2.43. The molecule has 138 valence electrons. The van der Waals surface area contributed by atoms with Gasteiger partial charge in [0.2, 0.25) is 5.91 Å². The fourth-order valence-corrected chi connectivity index (χ4v) is 4.07. The molecule has 2 aromatic heterocycles. The van der Waals surface area contributed by atoms with Crippen molar-refractivity contribution in [1.82, 2.24) is 15.5 Å². The van der Waals surface area contributed by atoms with Crippen LogP contribution < -0.4 is 10.2 Å². The van der Waals surface area contributed by atoms with Crippen LogP contribution in [-0.4, -0.2) is 29.2 Å². The van der Waals surface area contributed by atoms with Crippen LogP contribution in [0.4, 0.5) is 5.82 Å². The molecule has 1 unspecified atom stereocenters. The summed E-state index contributed by atoms with van der Waals surface area (Å²) in [6.45, 7) is 2.18. The number of nitrogens with zero attached hydrogens (tertiary/aromatic N) is 3. The van der Waals surface area contributed by atoms with Crippen LogP contribution in [0.3, 0.4) is 0 Å². The third kappa shape index (κ3) is 4.34. The number of aromatic nitrogens is 2. The fraction of sp³-hybridized carbons (Fsp3) is 0.286. The van der Waals surface area contributed by atoms with Crippen LogP contribution >= 0.6 is 11.3 Å². The first-order valence-electron chi connectivity index (χ1n) is 9.24. The maximum Gasteiger partial charge on any atom is 0.225 e. The lowest BCUT2D eigenvalue weighted by molar-refractivity contribution is -0.125. The molecule has 1 aliphatic rings. The van der Waals surface area contributed by atoms with Crippen LogP contribution in [0.25, 0.3) is 10.6 Å². The molecule has 0 spiro atoms. The van der Waals surface area contributed by atoms with Crippen molar-refractivity contribution in [3.05, 3.63) is 65.5 Å². The topological polar surface area (TPSA) is 58.1 Å². The number of thiophene rings is 1. The van der Waals surface area contributed by atoms with Gasteiger partial charge in [-0.15, -0.1) is 21.5 Å². The van der Waals surface area contributed by atoms with Gasteiger partial charge in [-0.05, 0) is 42.0 Å². The Morgan fingerprint density at radius 1 is 1.11 bits per heavy atom. The van der Waals surface area contributed by atoms with Crippen molar-refractivity contribution in [3.63, 3.8) is 0 Å². The molecule has 1 aliphatic heterocycles. The summed E-state index contributed by atoms with van der Waals surface area (Å²) in [7, 11) is 0. The van der Waals surface area contributed by atoms with E-state index in [1.807, 2.05) is 60.0 Å². The quantitative estimate of drug-likeness (QED) is 0.735. The normalized spacial score (nSPS) is 16.9. The van der Waals surface area contributed by atoms with Gasteiger partial charge in [-0.25, -0.2) is 0 Å². The van der Waals surface area contributed by atoms with Gasteiger partial charge in [-0.1, -0.05) is 36.4 Å². The molecule has 1 atom stereocenters. The Labute approximate surface area is 163 Å². The van der Waals surface area contributed by atoms with Crippen LogP contribution in [-0.2, 0) is 11.3 Å². The van der Waals surface area contributed by atoms with E-state index < -0.39 is 0 Å². The number of piperidine rings is 1. The second kappa shape index (κ2) is 8.31. The Kier molecular flexibility index (Phi) is 5.44. The van der Waals surface area contributed by atoms with Crippen molar-refractivity contribution in [3.8, 4) is 10.6 Å². The lowest BCUT2D eigenvalue weighted by Gasteiger charge is -2.32. The summed E-state index contributed by atoms with van der Waals surface area (Å²) in [6, 6.07) is 18.1. The second-order valence-electron chi connectivity index (χ2n) is 6.74. The predicted octanol–water partition coefficient (Wildman–Crippen LogP) is 3.74. The summed E-state index contributed by atoms with van der Waals surface area (Å²) in [5, 5.41) is 13.9. The Morgan fingerprint density at radius 3 is 2.74 bits per heavy atom. The van der Waals surface area contributed by atoms with Crippen molar-refractivity contribution < 1.29 is 4.79 Å². The number of hydrogen-bond acceptors (Lipinski definition) is 5. The van der Waals surface area contributed by atoms with Crippen LogP contribution in [0.2, 0.25) is 0 Å². The Morgan fingerprint density at radius 2 is 2.00 bits per heavy atom. The van der Waals surface area contributed by atoms with Crippen LogP contribution in [0, 0.1) is 5.92 Å². The van der Waals surface area contributed by atoms with Gasteiger partial charge in [-0.3, -0.25) is 4.79 Å². The van der Waals surface area contributed by atoms with E-state index in [9.17, 15) is 4.79 Å². The number of rotatable bonds is 5. The summed E-state index contributed by atoms with van der Waals surface area (Å²) in [5.41, 5.74) is 2.01. The first-order chi connectivity index (χ1) is 13.3. The summed E-state index contributed by atoms with van der Waals surface area (Å²) < 4.78 is 0. The summed E-state index contributed by atoms with van der Waals surface area (Å²) >= 11 is 1.66. The van der Waals surface area contributed by atoms with Crippen molar-refractivity contribution in [1.29, 1.82) is 0 Å². The molecule has 5 nitrogen and oxygen atoms in total. The Balaban J connectivity index is 1.36. The lowest BCUT2D eigenvalue weighted by atomic mass is 9.97. The smallest absolute Gasteiger partial charge is 0.225 e. The van der Waals surface area contributed by atoms with Gasteiger partial charge in [0.05, 0.1) is 10.8 Å². The third-order valence-corrected chi connectivity index (χ3v) is 5.74. The standard InChI is InChI=1S/C21H22N4OS/c26-21(22-14-16-6-2-1-3-7-16)17-8-4-12-25(15-17)20-11-10-18(23-24-20)19-9-5-13-27-19/h1-3,5-7,9-11,13,17H,4,8,12,14-15H2,(H,22,26).